The van der Waals surface area contributed by atoms with Crippen LogP contribution in [0.3, 0.4) is 0 Å². The van der Waals surface area contributed by atoms with Crippen LogP contribution >= 0.6 is 0 Å². The first-order valence-corrected chi connectivity index (χ1v) is 6.29. The normalized spacial score (nSPS) is 17.2. The summed E-state index contributed by atoms with van der Waals surface area (Å²) in [6.07, 6.45) is 2.52. The van der Waals surface area contributed by atoms with E-state index in [0.717, 1.165) is 6.42 Å². The van der Waals surface area contributed by atoms with Crippen molar-refractivity contribution < 1.29 is 14.7 Å². The van der Waals surface area contributed by atoms with Crippen LogP contribution < -0.4 is 0 Å². The molecular formula is C12H18N4O3. The molecule has 1 aromatic heterocycles. The van der Waals surface area contributed by atoms with Gasteiger partial charge in [0.2, 0.25) is 0 Å². The number of carbonyl (C=O) groups excluding carboxylic acids is 1. The highest BCUT2D eigenvalue weighted by atomic mass is 16.4. The molecule has 0 saturated carbocycles. The average molecular weight is 266 g/mol. The highest BCUT2D eigenvalue weighted by Crippen LogP contribution is 2.07. The summed E-state index contributed by atoms with van der Waals surface area (Å²) in [7, 11) is 1.77. The molecule has 0 atom stereocenters. The number of carboxylic acids is 1. The number of carboxylic acid groups (broad SMARTS) is 1. The van der Waals surface area contributed by atoms with Crippen LogP contribution in [0.15, 0.2) is 12.3 Å². The van der Waals surface area contributed by atoms with E-state index in [9.17, 15) is 9.59 Å². The van der Waals surface area contributed by atoms with Gasteiger partial charge in [-0.05, 0) is 12.5 Å². The molecule has 7 heteroatoms. The minimum absolute atomic E-state index is 0.0334. The molecule has 0 bridgehead atoms. The Labute approximate surface area is 111 Å². The van der Waals surface area contributed by atoms with Gasteiger partial charge in [-0.2, -0.15) is 5.10 Å². The molecule has 1 amide bonds. The first-order chi connectivity index (χ1) is 9.06. The van der Waals surface area contributed by atoms with Crippen molar-refractivity contribution in [2.75, 3.05) is 32.7 Å². The molecule has 0 unspecified atom stereocenters. The molecule has 0 spiro atoms. The van der Waals surface area contributed by atoms with E-state index >= 15 is 0 Å². The molecule has 0 aromatic carbocycles. The van der Waals surface area contributed by atoms with Gasteiger partial charge in [-0.15, -0.1) is 0 Å². The van der Waals surface area contributed by atoms with Gasteiger partial charge in [-0.25, -0.2) is 0 Å². The zero-order valence-corrected chi connectivity index (χ0v) is 10.9. The van der Waals surface area contributed by atoms with Gasteiger partial charge in [0.05, 0.1) is 6.54 Å². The van der Waals surface area contributed by atoms with Gasteiger partial charge in [0, 0.05) is 39.4 Å². The lowest BCUT2D eigenvalue weighted by atomic mass is 10.3. The van der Waals surface area contributed by atoms with E-state index in [4.69, 9.17) is 5.11 Å². The number of aryl methyl sites for hydroxylation is 1. The molecule has 19 heavy (non-hydrogen) atoms. The van der Waals surface area contributed by atoms with E-state index in [0.29, 0.717) is 31.9 Å². The number of aliphatic carboxylic acids is 1. The number of amides is 1. The Morgan fingerprint density at radius 1 is 1.32 bits per heavy atom. The third-order valence-corrected chi connectivity index (χ3v) is 3.17. The SMILES string of the molecule is Cn1ccc(C(=O)N2CCCN(CC(=O)O)CC2)n1. The molecule has 1 aliphatic heterocycles. The largest absolute Gasteiger partial charge is 0.480 e. The van der Waals surface area contributed by atoms with Crippen molar-refractivity contribution in [3.05, 3.63) is 18.0 Å². The predicted octanol–water partition coefficient (Wildman–Crippen LogP) is -0.347. The van der Waals surface area contributed by atoms with E-state index in [2.05, 4.69) is 5.10 Å². The van der Waals surface area contributed by atoms with Crippen LogP contribution in [0.1, 0.15) is 16.9 Å². The topological polar surface area (TPSA) is 78.7 Å². The molecule has 1 saturated heterocycles. The summed E-state index contributed by atoms with van der Waals surface area (Å²) in [6.45, 7) is 2.52. The maximum Gasteiger partial charge on any atom is 0.317 e. The number of hydrogen-bond donors (Lipinski definition) is 1. The molecule has 2 heterocycles. The monoisotopic (exact) mass is 266 g/mol. The summed E-state index contributed by atoms with van der Waals surface area (Å²) in [5.74, 6) is -0.915. The first kappa shape index (κ1) is 13.5. The Morgan fingerprint density at radius 2 is 2.11 bits per heavy atom. The Balaban J connectivity index is 1.95. The number of hydrogen-bond acceptors (Lipinski definition) is 4. The first-order valence-electron chi connectivity index (χ1n) is 6.29. The lowest BCUT2D eigenvalue weighted by molar-refractivity contribution is -0.138. The van der Waals surface area contributed by atoms with E-state index in [1.54, 1.807) is 28.9 Å². The van der Waals surface area contributed by atoms with Gasteiger partial charge in [-0.1, -0.05) is 0 Å². The molecular weight excluding hydrogens is 248 g/mol. The van der Waals surface area contributed by atoms with Crippen molar-refractivity contribution in [2.24, 2.45) is 7.05 Å². The van der Waals surface area contributed by atoms with Crippen LogP contribution in [-0.2, 0) is 11.8 Å². The predicted molar refractivity (Wildman–Crippen MR) is 67.8 cm³/mol. The fourth-order valence-corrected chi connectivity index (χ4v) is 2.21. The van der Waals surface area contributed by atoms with Crippen LogP contribution in [0, 0.1) is 0 Å². The van der Waals surface area contributed by atoms with Crippen molar-refractivity contribution in [1.82, 2.24) is 19.6 Å². The third-order valence-electron chi connectivity index (χ3n) is 3.17. The lowest BCUT2D eigenvalue weighted by Gasteiger charge is -2.20. The molecule has 7 nitrogen and oxygen atoms in total. The highest BCUT2D eigenvalue weighted by molar-refractivity contribution is 5.92. The van der Waals surface area contributed by atoms with Crippen LogP contribution in [0.25, 0.3) is 0 Å². The molecule has 2 rings (SSSR count). The molecule has 104 valence electrons. The van der Waals surface area contributed by atoms with Crippen LogP contribution in [0.5, 0.6) is 0 Å². The number of carbonyl (C=O) groups is 2. The van der Waals surface area contributed by atoms with Crippen molar-refractivity contribution >= 4 is 11.9 Å². The summed E-state index contributed by atoms with van der Waals surface area (Å²) in [4.78, 5) is 26.5. The van der Waals surface area contributed by atoms with Crippen LogP contribution in [-0.4, -0.2) is 69.3 Å². The summed E-state index contributed by atoms with van der Waals surface area (Å²) in [5, 5.41) is 12.9. The van der Waals surface area contributed by atoms with Gasteiger partial charge in [0.15, 0.2) is 0 Å². The van der Waals surface area contributed by atoms with Gasteiger partial charge in [-0.3, -0.25) is 19.2 Å². The van der Waals surface area contributed by atoms with Gasteiger partial charge in [0.1, 0.15) is 5.69 Å². The quantitative estimate of drug-likeness (QED) is 0.809. The number of rotatable bonds is 3. The molecule has 0 aliphatic carbocycles. The zero-order valence-electron chi connectivity index (χ0n) is 10.9. The Hall–Kier alpha value is -1.89. The van der Waals surface area contributed by atoms with Gasteiger partial charge >= 0.3 is 5.97 Å². The fraction of sp³-hybridized carbons (Fsp3) is 0.583. The van der Waals surface area contributed by atoms with Gasteiger partial charge in [0.25, 0.3) is 5.91 Å². The summed E-state index contributed by atoms with van der Waals surface area (Å²) in [6, 6.07) is 1.70. The Morgan fingerprint density at radius 3 is 2.74 bits per heavy atom. The van der Waals surface area contributed by atoms with Crippen molar-refractivity contribution in [1.29, 1.82) is 0 Å². The van der Waals surface area contributed by atoms with Crippen molar-refractivity contribution in [3.8, 4) is 0 Å². The van der Waals surface area contributed by atoms with E-state index in [1.807, 2.05) is 4.90 Å². The zero-order chi connectivity index (χ0) is 13.8. The van der Waals surface area contributed by atoms with E-state index in [-0.39, 0.29) is 12.5 Å². The highest BCUT2D eigenvalue weighted by Gasteiger charge is 2.22. The van der Waals surface area contributed by atoms with Crippen molar-refractivity contribution in [3.63, 3.8) is 0 Å². The molecule has 1 N–H and O–H groups in total. The summed E-state index contributed by atoms with van der Waals surface area (Å²) < 4.78 is 1.60. The van der Waals surface area contributed by atoms with E-state index in [1.165, 1.54) is 0 Å². The molecule has 1 aromatic rings. The van der Waals surface area contributed by atoms with E-state index < -0.39 is 5.97 Å². The second-order valence-corrected chi connectivity index (χ2v) is 4.69. The second-order valence-electron chi connectivity index (χ2n) is 4.69. The molecule has 1 fully saturated rings. The molecule has 0 radical (unpaired) electrons. The molecule has 1 aliphatic rings. The average Bonchev–Trinajstić information content (AvgIpc) is 2.65. The van der Waals surface area contributed by atoms with Crippen LogP contribution in [0.4, 0.5) is 0 Å². The third kappa shape index (κ3) is 3.54. The smallest absolute Gasteiger partial charge is 0.317 e. The summed E-state index contributed by atoms with van der Waals surface area (Å²) in [5.41, 5.74) is 0.439. The fourth-order valence-electron chi connectivity index (χ4n) is 2.21. The van der Waals surface area contributed by atoms with Crippen LogP contribution in [0.2, 0.25) is 0 Å². The number of nitrogens with zero attached hydrogens (tertiary/aromatic N) is 4. The summed E-state index contributed by atoms with van der Waals surface area (Å²) >= 11 is 0. The lowest BCUT2D eigenvalue weighted by Crippen LogP contribution is -2.36. The second kappa shape index (κ2) is 5.83. The number of aromatic nitrogens is 2. The minimum Gasteiger partial charge on any atom is -0.480 e. The maximum atomic E-state index is 12.2. The standard InChI is InChI=1S/C12H18N4O3/c1-14-6-3-10(13-14)12(19)16-5-2-4-15(7-8-16)9-11(17)18/h3,6H,2,4-5,7-9H2,1H3,(H,17,18). The van der Waals surface area contributed by atoms with Gasteiger partial charge < -0.3 is 10.0 Å². The Bertz CT molecular complexity index is 471. The maximum absolute atomic E-state index is 12.2. The minimum atomic E-state index is -0.829. The Kier molecular flexibility index (Phi) is 4.16. The van der Waals surface area contributed by atoms with Crippen molar-refractivity contribution in [2.45, 2.75) is 6.42 Å².